The molecule has 8 heteroatoms. The van der Waals surface area contributed by atoms with Gasteiger partial charge in [-0.2, -0.15) is 0 Å². The maximum atomic E-state index is 11.1. The minimum absolute atomic E-state index is 0.00817. The number of nitro benzene ring substituents is 2. The maximum absolute atomic E-state index is 11.1. The summed E-state index contributed by atoms with van der Waals surface area (Å²) in [6, 6.07) is 35.5. The lowest BCUT2D eigenvalue weighted by molar-refractivity contribution is -0.385. The van der Waals surface area contributed by atoms with Crippen LogP contribution in [0.3, 0.4) is 0 Å². The fourth-order valence-corrected chi connectivity index (χ4v) is 6.18. The van der Waals surface area contributed by atoms with Crippen LogP contribution in [0, 0.1) is 47.9 Å². The molecule has 0 saturated carbocycles. The van der Waals surface area contributed by atoms with E-state index in [9.17, 15) is 20.2 Å². The summed E-state index contributed by atoms with van der Waals surface area (Å²) in [6.07, 6.45) is 0. The highest BCUT2D eigenvalue weighted by Crippen LogP contribution is 2.42. The van der Waals surface area contributed by atoms with E-state index >= 15 is 0 Å². The van der Waals surface area contributed by atoms with Crippen molar-refractivity contribution >= 4 is 22.1 Å². The third kappa shape index (κ3) is 6.39. The summed E-state index contributed by atoms with van der Waals surface area (Å²) < 4.78 is 12.5. The van der Waals surface area contributed by atoms with Gasteiger partial charge in [0.2, 0.25) is 0 Å². The molecule has 6 aromatic rings. The Balaban J connectivity index is 1.43. The molecule has 6 rings (SSSR count). The van der Waals surface area contributed by atoms with Gasteiger partial charge in [-0.3, -0.25) is 20.2 Å². The Morgan fingerprint density at radius 3 is 1.36 bits per heavy atom. The number of hydrogen-bond donors (Lipinski definition) is 0. The van der Waals surface area contributed by atoms with Crippen molar-refractivity contribution in [2.45, 2.75) is 33.6 Å². The van der Waals surface area contributed by atoms with Crippen molar-refractivity contribution < 1.29 is 19.3 Å². The van der Waals surface area contributed by atoms with Crippen molar-refractivity contribution in [2.75, 3.05) is 0 Å². The van der Waals surface area contributed by atoms with Crippen LogP contribution in [0.2, 0.25) is 0 Å². The second-order valence-corrected chi connectivity index (χ2v) is 11.7. The van der Waals surface area contributed by atoms with Gasteiger partial charge >= 0.3 is 0 Å². The van der Waals surface area contributed by atoms with Crippen molar-refractivity contribution in [3.05, 3.63) is 174 Å². The zero-order valence-corrected chi connectivity index (χ0v) is 26.4. The molecule has 0 spiro atoms. The standard InChI is InChI=1S/C39H32N2O6/c1-24-20-29(21-25(2)38(24)46-33-16-12-31(13-17-33)40(42)43)37(36-11-7-9-28-8-5-6-10-35(28)36)30-22-26(3)39(27(4)23-30)47-34-18-14-32(15-19-34)41(44)45/h5-23,37H,1-4H3. The van der Waals surface area contributed by atoms with Crippen molar-refractivity contribution in [3.63, 3.8) is 0 Å². The van der Waals surface area contributed by atoms with Gasteiger partial charge in [0, 0.05) is 30.2 Å². The number of non-ortho nitro benzene ring substituents is 2. The molecule has 0 heterocycles. The van der Waals surface area contributed by atoms with E-state index in [2.05, 4.69) is 60.7 Å². The van der Waals surface area contributed by atoms with Gasteiger partial charge in [-0.25, -0.2) is 0 Å². The summed E-state index contributed by atoms with van der Waals surface area (Å²) >= 11 is 0. The van der Waals surface area contributed by atoms with Crippen molar-refractivity contribution in [2.24, 2.45) is 0 Å². The number of aryl methyl sites for hydroxylation is 4. The van der Waals surface area contributed by atoms with E-state index in [4.69, 9.17) is 9.47 Å². The van der Waals surface area contributed by atoms with Gasteiger partial charge < -0.3 is 9.47 Å². The van der Waals surface area contributed by atoms with Crippen LogP contribution < -0.4 is 9.47 Å². The monoisotopic (exact) mass is 624 g/mol. The second-order valence-electron chi connectivity index (χ2n) is 11.7. The van der Waals surface area contributed by atoms with Crippen LogP contribution in [-0.4, -0.2) is 9.85 Å². The normalized spacial score (nSPS) is 11.1. The topological polar surface area (TPSA) is 105 Å². The molecule has 234 valence electrons. The third-order valence-electron chi connectivity index (χ3n) is 8.30. The molecule has 0 atom stereocenters. The summed E-state index contributed by atoms with van der Waals surface area (Å²) in [6.45, 7) is 8.04. The predicted molar refractivity (Wildman–Crippen MR) is 183 cm³/mol. The summed E-state index contributed by atoms with van der Waals surface area (Å²) in [7, 11) is 0. The highest BCUT2D eigenvalue weighted by Gasteiger charge is 2.23. The first kappa shape index (κ1) is 31.0. The molecule has 47 heavy (non-hydrogen) atoms. The Labute approximate surface area is 272 Å². The highest BCUT2D eigenvalue weighted by molar-refractivity contribution is 5.87. The minimum Gasteiger partial charge on any atom is -0.457 e. The Kier molecular flexibility index (Phi) is 8.42. The number of nitrogens with zero attached hydrogens (tertiary/aromatic N) is 2. The van der Waals surface area contributed by atoms with Crippen LogP contribution in [0.4, 0.5) is 11.4 Å². The van der Waals surface area contributed by atoms with Crippen LogP contribution in [0.1, 0.15) is 44.9 Å². The quantitative estimate of drug-likeness (QED) is 0.0900. The molecule has 0 bridgehead atoms. The molecule has 8 nitrogen and oxygen atoms in total. The van der Waals surface area contributed by atoms with Gasteiger partial charge in [-0.05, 0) is 102 Å². The van der Waals surface area contributed by atoms with Crippen LogP contribution >= 0.6 is 0 Å². The molecule has 0 aromatic heterocycles. The van der Waals surface area contributed by atoms with E-state index in [1.807, 2.05) is 33.8 Å². The molecule has 0 aliphatic heterocycles. The Bertz CT molecular complexity index is 1970. The second kappa shape index (κ2) is 12.8. The lowest BCUT2D eigenvalue weighted by Crippen LogP contribution is -2.07. The Hall–Kier alpha value is -6.02. The summed E-state index contributed by atoms with van der Waals surface area (Å²) in [5, 5.41) is 24.5. The van der Waals surface area contributed by atoms with Gasteiger partial charge in [0.25, 0.3) is 11.4 Å². The van der Waals surface area contributed by atoms with Crippen molar-refractivity contribution in [1.29, 1.82) is 0 Å². The van der Waals surface area contributed by atoms with Gasteiger partial charge in [-0.1, -0.05) is 66.7 Å². The molecule has 0 saturated heterocycles. The van der Waals surface area contributed by atoms with Crippen LogP contribution in [0.25, 0.3) is 10.8 Å². The molecular weight excluding hydrogens is 592 g/mol. The van der Waals surface area contributed by atoms with E-state index in [1.165, 1.54) is 24.3 Å². The first-order valence-electron chi connectivity index (χ1n) is 15.1. The molecule has 0 aliphatic carbocycles. The zero-order valence-electron chi connectivity index (χ0n) is 26.4. The molecule has 0 N–H and O–H groups in total. The van der Waals surface area contributed by atoms with Gasteiger partial charge in [0.05, 0.1) is 9.85 Å². The van der Waals surface area contributed by atoms with Crippen molar-refractivity contribution in [1.82, 2.24) is 0 Å². The first-order valence-corrected chi connectivity index (χ1v) is 15.1. The third-order valence-corrected chi connectivity index (χ3v) is 8.30. The van der Waals surface area contributed by atoms with Gasteiger partial charge in [0.1, 0.15) is 23.0 Å². The lowest BCUT2D eigenvalue weighted by atomic mass is 9.80. The number of nitro groups is 2. The average molecular weight is 625 g/mol. The lowest BCUT2D eigenvalue weighted by Gasteiger charge is -2.25. The Morgan fingerprint density at radius 2 is 0.936 bits per heavy atom. The summed E-state index contributed by atoms with van der Waals surface area (Å²) in [5.74, 6) is 2.33. The van der Waals surface area contributed by atoms with Gasteiger partial charge in [-0.15, -0.1) is 0 Å². The molecule has 0 aliphatic rings. The smallest absolute Gasteiger partial charge is 0.269 e. The summed E-state index contributed by atoms with van der Waals surface area (Å²) in [5.41, 5.74) is 7.12. The number of hydrogen-bond acceptors (Lipinski definition) is 6. The van der Waals surface area contributed by atoms with E-state index in [-0.39, 0.29) is 17.3 Å². The van der Waals surface area contributed by atoms with Crippen LogP contribution in [0.15, 0.2) is 115 Å². The summed E-state index contributed by atoms with van der Waals surface area (Å²) in [4.78, 5) is 21.4. The fraction of sp³-hybridized carbons (Fsp3) is 0.128. The number of fused-ring (bicyclic) bond motifs is 1. The predicted octanol–water partition coefficient (Wildman–Crippen LogP) is 10.7. The Morgan fingerprint density at radius 1 is 0.532 bits per heavy atom. The molecule has 6 aromatic carbocycles. The maximum Gasteiger partial charge on any atom is 0.269 e. The van der Waals surface area contributed by atoms with Crippen LogP contribution in [0.5, 0.6) is 23.0 Å². The molecule has 0 unspecified atom stereocenters. The molecular formula is C39H32N2O6. The first-order chi connectivity index (χ1) is 22.6. The van der Waals surface area contributed by atoms with E-state index in [0.717, 1.165) is 49.7 Å². The highest BCUT2D eigenvalue weighted by atomic mass is 16.6. The van der Waals surface area contributed by atoms with E-state index in [1.54, 1.807) is 24.3 Å². The fourth-order valence-electron chi connectivity index (χ4n) is 6.18. The largest absolute Gasteiger partial charge is 0.457 e. The molecule has 0 radical (unpaired) electrons. The number of rotatable bonds is 9. The SMILES string of the molecule is Cc1cc(C(c2cc(C)c(Oc3ccc([N+](=O)[O-])cc3)c(C)c2)c2cccc3ccccc23)cc(C)c1Oc1ccc([N+](=O)[O-])cc1. The minimum atomic E-state index is -0.430. The van der Waals surface area contributed by atoms with Crippen molar-refractivity contribution in [3.8, 4) is 23.0 Å². The van der Waals surface area contributed by atoms with E-state index in [0.29, 0.717) is 23.0 Å². The molecule has 0 amide bonds. The van der Waals surface area contributed by atoms with E-state index < -0.39 is 9.85 Å². The average Bonchev–Trinajstić information content (AvgIpc) is 3.05. The van der Waals surface area contributed by atoms with Crippen LogP contribution in [-0.2, 0) is 0 Å². The number of benzene rings is 6. The zero-order chi connectivity index (χ0) is 33.2. The molecule has 0 fully saturated rings. The van der Waals surface area contributed by atoms with Gasteiger partial charge in [0.15, 0.2) is 0 Å². The number of ether oxygens (including phenoxy) is 2.